The lowest BCUT2D eigenvalue weighted by molar-refractivity contribution is -0.116. The molecule has 1 unspecified atom stereocenters. The fraction of sp³-hybridized carbons (Fsp3) is 0.316. The molecule has 0 aliphatic rings. The lowest BCUT2D eigenvalue weighted by atomic mass is 10.3. The average molecular weight is 449 g/mol. The van der Waals surface area contributed by atoms with Gasteiger partial charge in [0.1, 0.15) is 11.6 Å². The molecule has 0 saturated carbocycles. The highest BCUT2D eigenvalue weighted by Gasteiger charge is 2.21. The van der Waals surface area contributed by atoms with Crippen molar-refractivity contribution in [3.63, 3.8) is 0 Å². The number of amides is 2. The summed E-state index contributed by atoms with van der Waals surface area (Å²) in [7, 11) is 0. The number of rotatable bonds is 8. The van der Waals surface area contributed by atoms with Gasteiger partial charge in [-0.1, -0.05) is 23.9 Å². The lowest BCUT2D eigenvalue weighted by Gasteiger charge is -2.12. The molecule has 11 heteroatoms. The zero-order valence-electron chi connectivity index (χ0n) is 16.7. The van der Waals surface area contributed by atoms with Gasteiger partial charge >= 0.3 is 0 Å². The van der Waals surface area contributed by atoms with Crippen molar-refractivity contribution < 1.29 is 14.0 Å². The van der Waals surface area contributed by atoms with Gasteiger partial charge in [-0.3, -0.25) is 9.59 Å². The van der Waals surface area contributed by atoms with Gasteiger partial charge in [0.25, 0.3) is 0 Å². The molecule has 2 aromatic heterocycles. The second-order valence-corrected chi connectivity index (χ2v) is 8.56. The molecule has 1 atom stereocenters. The fourth-order valence-corrected chi connectivity index (χ4v) is 4.21. The molecule has 2 N–H and O–H groups in total. The summed E-state index contributed by atoms with van der Waals surface area (Å²) < 4.78 is 15.5. The van der Waals surface area contributed by atoms with E-state index in [-0.39, 0.29) is 18.0 Å². The monoisotopic (exact) mass is 448 g/mol. The maximum Gasteiger partial charge on any atom is 0.239 e. The van der Waals surface area contributed by atoms with Gasteiger partial charge in [0, 0.05) is 11.9 Å². The zero-order valence-corrected chi connectivity index (χ0v) is 18.3. The zero-order chi connectivity index (χ0) is 21.7. The molecule has 1 aromatic carbocycles. The maximum absolute atomic E-state index is 13.7. The minimum absolute atomic E-state index is 0.0608. The normalized spacial score (nSPS) is 11.9. The Hall–Kier alpha value is -2.79. The largest absolute Gasteiger partial charge is 0.323 e. The molecule has 0 aliphatic heterocycles. The summed E-state index contributed by atoms with van der Waals surface area (Å²) in [5.41, 5.74) is 0.960. The second-order valence-electron chi connectivity index (χ2n) is 6.39. The first-order valence-corrected chi connectivity index (χ1v) is 11.0. The smallest absolute Gasteiger partial charge is 0.239 e. The van der Waals surface area contributed by atoms with Gasteiger partial charge in [0.05, 0.1) is 23.1 Å². The van der Waals surface area contributed by atoms with Gasteiger partial charge in [0.15, 0.2) is 10.3 Å². The lowest BCUT2D eigenvalue weighted by Crippen LogP contribution is -2.23. The van der Waals surface area contributed by atoms with E-state index in [0.29, 0.717) is 22.7 Å². The predicted octanol–water partition coefficient (Wildman–Crippen LogP) is 3.50. The van der Waals surface area contributed by atoms with E-state index >= 15 is 0 Å². The van der Waals surface area contributed by atoms with Gasteiger partial charge in [-0.25, -0.2) is 9.37 Å². The van der Waals surface area contributed by atoms with E-state index in [1.807, 2.05) is 19.2 Å². The summed E-state index contributed by atoms with van der Waals surface area (Å²) in [5, 5.41) is 16.0. The van der Waals surface area contributed by atoms with Crippen LogP contribution < -0.4 is 10.6 Å². The molecule has 2 amide bonds. The molecule has 158 valence electrons. The number of aryl methyl sites for hydroxylation is 1. The van der Waals surface area contributed by atoms with Crippen molar-refractivity contribution in [3.8, 4) is 0 Å². The van der Waals surface area contributed by atoms with Crippen LogP contribution in [0, 0.1) is 12.7 Å². The van der Waals surface area contributed by atoms with E-state index in [9.17, 15) is 14.0 Å². The summed E-state index contributed by atoms with van der Waals surface area (Å²) in [6.07, 6.45) is -0.0608. The first-order chi connectivity index (χ1) is 14.4. The summed E-state index contributed by atoms with van der Waals surface area (Å²) in [6, 6.07) is 5.96. The maximum atomic E-state index is 13.7. The van der Waals surface area contributed by atoms with Crippen LogP contribution in [0.15, 0.2) is 34.8 Å². The molecule has 0 aliphatic carbocycles. The van der Waals surface area contributed by atoms with Crippen LogP contribution in [0.3, 0.4) is 0 Å². The molecule has 0 radical (unpaired) electrons. The minimum Gasteiger partial charge on any atom is -0.323 e. The van der Waals surface area contributed by atoms with Crippen molar-refractivity contribution in [2.45, 2.75) is 44.1 Å². The van der Waals surface area contributed by atoms with Crippen LogP contribution in [-0.2, 0) is 22.6 Å². The summed E-state index contributed by atoms with van der Waals surface area (Å²) in [4.78, 5) is 29.0. The van der Waals surface area contributed by atoms with Crippen LogP contribution in [0.5, 0.6) is 0 Å². The van der Waals surface area contributed by atoms with Crippen LogP contribution in [0.4, 0.5) is 15.2 Å². The van der Waals surface area contributed by atoms with Gasteiger partial charge in [-0.15, -0.1) is 21.5 Å². The third kappa shape index (κ3) is 5.42. The Balaban J connectivity index is 1.63. The molecular formula is C19H21FN6O2S2. The van der Waals surface area contributed by atoms with E-state index in [4.69, 9.17) is 0 Å². The molecule has 0 saturated heterocycles. The van der Waals surface area contributed by atoms with Gasteiger partial charge < -0.3 is 15.2 Å². The van der Waals surface area contributed by atoms with Crippen molar-refractivity contribution in [3.05, 3.63) is 47.0 Å². The van der Waals surface area contributed by atoms with Crippen molar-refractivity contribution in [1.29, 1.82) is 0 Å². The number of nitrogens with zero attached hydrogens (tertiary/aromatic N) is 4. The minimum atomic E-state index is -0.505. The van der Waals surface area contributed by atoms with Crippen molar-refractivity contribution in [2.24, 2.45) is 0 Å². The Morgan fingerprint density at radius 3 is 2.70 bits per heavy atom. The average Bonchev–Trinajstić information content (AvgIpc) is 3.28. The molecule has 3 aromatic rings. The second kappa shape index (κ2) is 9.81. The third-order valence-corrected chi connectivity index (χ3v) is 6.03. The summed E-state index contributed by atoms with van der Waals surface area (Å²) >= 11 is 2.61. The van der Waals surface area contributed by atoms with Gasteiger partial charge in [-0.05, 0) is 32.9 Å². The highest BCUT2D eigenvalue weighted by atomic mass is 32.2. The van der Waals surface area contributed by atoms with E-state index in [1.165, 1.54) is 35.2 Å². The Morgan fingerprint density at radius 2 is 2.03 bits per heavy atom. The number of thioether (sulfide) groups is 1. The molecule has 0 fully saturated rings. The van der Waals surface area contributed by atoms with Crippen LogP contribution in [0.2, 0.25) is 0 Å². The van der Waals surface area contributed by atoms with Crippen LogP contribution in [0.1, 0.15) is 25.4 Å². The molecule has 0 spiro atoms. The Kier molecular flexibility index (Phi) is 7.16. The van der Waals surface area contributed by atoms with Gasteiger partial charge in [-0.2, -0.15) is 0 Å². The molecule has 3 rings (SSSR count). The number of hydrogen-bond acceptors (Lipinski definition) is 7. The molecule has 0 bridgehead atoms. The molecule has 30 heavy (non-hydrogen) atoms. The number of benzene rings is 1. The number of carbonyl (C=O) groups excluding carboxylic acids is 2. The number of nitrogens with one attached hydrogen (secondary N) is 2. The van der Waals surface area contributed by atoms with Crippen LogP contribution in [0.25, 0.3) is 0 Å². The van der Waals surface area contributed by atoms with Crippen molar-refractivity contribution in [1.82, 2.24) is 19.7 Å². The first kappa shape index (κ1) is 21.9. The Bertz CT molecular complexity index is 1050. The molecule has 8 nitrogen and oxygen atoms in total. The van der Waals surface area contributed by atoms with Crippen molar-refractivity contribution >= 4 is 45.7 Å². The van der Waals surface area contributed by atoms with Crippen molar-refractivity contribution in [2.75, 3.05) is 10.6 Å². The highest BCUT2D eigenvalue weighted by Crippen LogP contribution is 2.24. The Morgan fingerprint density at radius 1 is 1.27 bits per heavy atom. The van der Waals surface area contributed by atoms with E-state index < -0.39 is 17.0 Å². The Labute approximate surface area is 181 Å². The number of anilines is 2. The SMILES string of the molecule is CCn1c(CC(=O)Nc2ccccc2F)nnc1SC(C)C(=O)Nc1nc(C)cs1. The van der Waals surface area contributed by atoms with E-state index in [1.54, 1.807) is 23.6 Å². The van der Waals surface area contributed by atoms with Gasteiger partial charge in [0.2, 0.25) is 11.8 Å². The number of hydrogen-bond donors (Lipinski definition) is 2. The number of para-hydroxylation sites is 1. The van der Waals surface area contributed by atoms with Crippen LogP contribution in [-0.4, -0.2) is 36.8 Å². The number of thiazole rings is 1. The molecule has 2 heterocycles. The number of carbonyl (C=O) groups is 2. The van der Waals surface area contributed by atoms with E-state index in [2.05, 4.69) is 25.8 Å². The number of halogens is 1. The summed E-state index contributed by atoms with van der Waals surface area (Å²) in [5.74, 6) is -0.658. The van der Waals surface area contributed by atoms with E-state index in [0.717, 1.165) is 5.69 Å². The number of aromatic nitrogens is 4. The fourth-order valence-electron chi connectivity index (χ4n) is 2.59. The quantitative estimate of drug-likeness (QED) is 0.512. The third-order valence-electron chi connectivity index (χ3n) is 4.08. The van der Waals surface area contributed by atoms with Crippen LogP contribution >= 0.6 is 23.1 Å². The highest BCUT2D eigenvalue weighted by molar-refractivity contribution is 8.00. The predicted molar refractivity (Wildman–Crippen MR) is 115 cm³/mol. The summed E-state index contributed by atoms with van der Waals surface area (Å²) in [6.45, 7) is 6.05. The topological polar surface area (TPSA) is 102 Å². The molecular weight excluding hydrogens is 427 g/mol. The standard InChI is InChI=1S/C19H21FN6O2S2/c1-4-26-15(9-16(27)22-14-8-6-5-7-13(14)20)24-25-19(26)30-12(3)17(28)23-18-21-11(2)10-29-18/h5-8,10,12H,4,9H2,1-3H3,(H,22,27)(H,21,23,28). The first-order valence-electron chi connectivity index (χ1n) is 9.23.